The highest BCUT2D eigenvalue weighted by Gasteiger charge is 2.51. The van der Waals surface area contributed by atoms with Crippen LogP contribution in [0.1, 0.15) is 27.7 Å². The van der Waals surface area contributed by atoms with Crippen molar-refractivity contribution < 1.29 is 28.8 Å². The van der Waals surface area contributed by atoms with E-state index >= 15 is 0 Å². The first-order valence-electron chi connectivity index (χ1n) is 7.19. The maximum Gasteiger partial charge on any atom is 0.160 e. The summed E-state index contributed by atoms with van der Waals surface area (Å²) in [5.74, 6) is 1.16. The second-order valence-electron chi connectivity index (χ2n) is 5.89. The summed E-state index contributed by atoms with van der Waals surface area (Å²) in [6.45, 7) is 7.43. The van der Waals surface area contributed by atoms with E-state index in [1.807, 2.05) is 13.8 Å². The lowest BCUT2D eigenvalue weighted by Crippen LogP contribution is -2.46. The third-order valence-corrected chi connectivity index (χ3v) is 3.49. The van der Waals surface area contributed by atoms with Crippen LogP contribution in [0.3, 0.4) is 0 Å². The lowest BCUT2D eigenvalue weighted by Gasteiger charge is -2.30. The number of rotatable bonds is 5. The molecule has 0 aromatic carbocycles. The number of hydrogen-bond acceptors (Lipinski definition) is 6. The minimum absolute atomic E-state index is 0.145. The van der Waals surface area contributed by atoms with E-state index in [2.05, 4.69) is 5.92 Å². The summed E-state index contributed by atoms with van der Waals surface area (Å²) in [5.41, 5.74) is 0. The molecule has 2 rings (SSSR count). The van der Waals surface area contributed by atoms with Crippen molar-refractivity contribution in [3.63, 3.8) is 0 Å². The molecule has 0 bridgehead atoms. The van der Waals surface area contributed by atoms with Gasteiger partial charge in [0, 0.05) is 0 Å². The molecule has 21 heavy (non-hydrogen) atoms. The van der Waals surface area contributed by atoms with Crippen LogP contribution in [0.15, 0.2) is 0 Å². The van der Waals surface area contributed by atoms with Crippen molar-refractivity contribution in [1.82, 2.24) is 0 Å². The Bertz CT molecular complexity index is 385. The van der Waals surface area contributed by atoms with Crippen molar-refractivity contribution in [3.8, 4) is 12.3 Å². The summed E-state index contributed by atoms with van der Waals surface area (Å²) in [7, 11) is 0. The molecule has 2 heterocycles. The zero-order chi connectivity index (χ0) is 15.6. The quantitative estimate of drug-likeness (QED) is 0.594. The molecule has 0 radical (unpaired) electrons. The van der Waals surface area contributed by atoms with Gasteiger partial charge in [-0.15, -0.1) is 6.42 Å². The molecule has 0 saturated carbocycles. The molecular formula is C15H24O6. The van der Waals surface area contributed by atoms with Crippen molar-refractivity contribution in [3.05, 3.63) is 0 Å². The fourth-order valence-corrected chi connectivity index (χ4v) is 2.71. The molecule has 2 aliphatic heterocycles. The average Bonchev–Trinajstić information content (AvgIpc) is 2.91. The van der Waals surface area contributed by atoms with Crippen molar-refractivity contribution in [2.75, 3.05) is 13.2 Å². The smallest absolute Gasteiger partial charge is 0.160 e. The lowest BCUT2D eigenvalue weighted by atomic mass is 10.0. The SMILES string of the molecule is C#CCO[C@@H]1[C@H](OC(C)(C)O)C(C)O[C@@H]1C1COC(C)O1. The topological polar surface area (TPSA) is 66.4 Å². The van der Waals surface area contributed by atoms with Crippen LogP contribution in [0.5, 0.6) is 0 Å². The second kappa shape index (κ2) is 6.61. The van der Waals surface area contributed by atoms with E-state index < -0.39 is 18.0 Å². The maximum absolute atomic E-state index is 9.90. The van der Waals surface area contributed by atoms with Crippen LogP contribution in [0.4, 0.5) is 0 Å². The van der Waals surface area contributed by atoms with Crippen LogP contribution in [0.25, 0.3) is 0 Å². The number of ether oxygens (including phenoxy) is 5. The summed E-state index contributed by atoms with van der Waals surface area (Å²) in [6.07, 6.45) is 3.34. The average molecular weight is 300 g/mol. The van der Waals surface area contributed by atoms with Gasteiger partial charge < -0.3 is 28.8 Å². The van der Waals surface area contributed by atoms with Gasteiger partial charge in [-0.2, -0.15) is 0 Å². The Hall–Kier alpha value is -0.680. The van der Waals surface area contributed by atoms with E-state index in [9.17, 15) is 5.11 Å². The minimum Gasteiger partial charge on any atom is -0.367 e. The van der Waals surface area contributed by atoms with E-state index in [-0.39, 0.29) is 31.2 Å². The molecule has 0 aromatic heterocycles. The van der Waals surface area contributed by atoms with Crippen LogP contribution >= 0.6 is 0 Å². The fourth-order valence-electron chi connectivity index (χ4n) is 2.71. The van der Waals surface area contributed by atoms with Crippen molar-refractivity contribution in [2.45, 2.75) is 70.3 Å². The Morgan fingerprint density at radius 3 is 2.52 bits per heavy atom. The van der Waals surface area contributed by atoms with Crippen molar-refractivity contribution in [1.29, 1.82) is 0 Å². The number of aliphatic hydroxyl groups is 1. The maximum atomic E-state index is 9.90. The van der Waals surface area contributed by atoms with E-state index in [0.717, 1.165) is 0 Å². The van der Waals surface area contributed by atoms with Crippen LogP contribution in [-0.4, -0.2) is 60.9 Å². The number of terminal acetylenes is 1. The highest BCUT2D eigenvalue weighted by molar-refractivity contribution is 4.98. The van der Waals surface area contributed by atoms with E-state index in [0.29, 0.717) is 6.61 Å². The van der Waals surface area contributed by atoms with Gasteiger partial charge in [0.25, 0.3) is 0 Å². The summed E-state index contributed by atoms with van der Waals surface area (Å²) in [4.78, 5) is 0. The van der Waals surface area contributed by atoms with Crippen LogP contribution < -0.4 is 0 Å². The largest absolute Gasteiger partial charge is 0.367 e. The highest BCUT2D eigenvalue weighted by atomic mass is 16.7. The molecule has 3 unspecified atom stereocenters. The molecule has 6 nitrogen and oxygen atoms in total. The molecule has 2 aliphatic rings. The molecule has 2 fully saturated rings. The third-order valence-electron chi connectivity index (χ3n) is 3.49. The van der Waals surface area contributed by atoms with Crippen LogP contribution in [0, 0.1) is 12.3 Å². The van der Waals surface area contributed by atoms with Gasteiger partial charge in [-0.1, -0.05) is 5.92 Å². The predicted molar refractivity (Wildman–Crippen MR) is 74.4 cm³/mol. The van der Waals surface area contributed by atoms with Gasteiger partial charge in [0.2, 0.25) is 0 Å². The molecule has 6 atom stereocenters. The first-order chi connectivity index (χ1) is 9.81. The highest BCUT2D eigenvalue weighted by Crippen LogP contribution is 2.33. The minimum atomic E-state index is -1.28. The summed E-state index contributed by atoms with van der Waals surface area (Å²) >= 11 is 0. The second-order valence-corrected chi connectivity index (χ2v) is 5.89. The molecule has 120 valence electrons. The molecule has 2 saturated heterocycles. The van der Waals surface area contributed by atoms with Gasteiger partial charge in [-0.25, -0.2) is 0 Å². The lowest BCUT2D eigenvalue weighted by molar-refractivity contribution is -0.229. The molecule has 0 aliphatic carbocycles. The summed E-state index contributed by atoms with van der Waals surface area (Å²) < 4.78 is 28.4. The van der Waals surface area contributed by atoms with Gasteiger partial charge in [-0.3, -0.25) is 0 Å². The molecule has 6 heteroatoms. The van der Waals surface area contributed by atoms with E-state index in [1.165, 1.54) is 0 Å². The molecule has 0 aromatic rings. The van der Waals surface area contributed by atoms with Crippen LogP contribution in [-0.2, 0) is 23.7 Å². The molecular weight excluding hydrogens is 276 g/mol. The Morgan fingerprint density at radius 2 is 2.00 bits per heavy atom. The Labute approximate surface area is 125 Å². The van der Waals surface area contributed by atoms with Gasteiger partial charge in [0.15, 0.2) is 12.1 Å². The zero-order valence-corrected chi connectivity index (χ0v) is 12.9. The Morgan fingerprint density at radius 1 is 1.29 bits per heavy atom. The molecule has 1 N–H and O–H groups in total. The van der Waals surface area contributed by atoms with Gasteiger partial charge in [-0.05, 0) is 27.7 Å². The third kappa shape index (κ3) is 4.16. The normalized spacial score (nSPS) is 40.4. The summed E-state index contributed by atoms with van der Waals surface area (Å²) in [5, 5.41) is 9.90. The van der Waals surface area contributed by atoms with E-state index in [4.69, 9.17) is 30.1 Å². The zero-order valence-electron chi connectivity index (χ0n) is 12.9. The van der Waals surface area contributed by atoms with E-state index in [1.54, 1.807) is 13.8 Å². The molecule has 0 spiro atoms. The van der Waals surface area contributed by atoms with Gasteiger partial charge in [0.05, 0.1) is 12.7 Å². The fraction of sp³-hybridized carbons (Fsp3) is 0.867. The first-order valence-corrected chi connectivity index (χ1v) is 7.19. The Balaban J connectivity index is 2.11. The predicted octanol–water partition coefficient (Wildman–Crippen LogP) is 0.667. The number of hydrogen-bond donors (Lipinski definition) is 1. The standard InChI is InChI=1S/C15H24O6/c1-6-7-17-14-12(21-15(4,5)16)9(2)19-13(14)11-8-18-10(3)20-11/h1,9-14,16H,7-8H2,2-5H3/t9?,10?,11?,12-,13-,14-/m1/s1. The first kappa shape index (κ1) is 16.7. The van der Waals surface area contributed by atoms with Crippen LogP contribution in [0.2, 0.25) is 0 Å². The monoisotopic (exact) mass is 300 g/mol. The Kier molecular flexibility index (Phi) is 5.25. The van der Waals surface area contributed by atoms with Crippen molar-refractivity contribution >= 4 is 0 Å². The van der Waals surface area contributed by atoms with Crippen molar-refractivity contribution in [2.24, 2.45) is 0 Å². The summed E-state index contributed by atoms with van der Waals surface area (Å²) in [6, 6.07) is 0. The van der Waals surface area contributed by atoms with Gasteiger partial charge in [0.1, 0.15) is 31.0 Å². The molecule has 0 amide bonds. The van der Waals surface area contributed by atoms with Gasteiger partial charge >= 0.3 is 0 Å².